The molecule has 0 bridgehead atoms. The average Bonchev–Trinajstić information content (AvgIpc) is 2.53. The minimum Gasteiger partial charge on any atom is -0.493 e. The van der Waals surface area contributed by atoms with Crippen LogP contribution in [0.15, 0.2) is 18.2 Å². The van der Waals surface area contributed by atoms with E-state index in [4.69, 9.17) is 20.0 Å². The van der Waals surface area contributed by atoms with Crippen molar-refractivity contribution in [3.8, 4) is 11.5 Å². The Balaban J connectivity index is 2.63. The zero-order valence-corrected chi connectivity index (χ0v) is 14.9. The van der Waals surface area contributed by atoms with E-state index in [1.165, 1.54) is 14.2 Å². The number of methoxy groups -OCH3 is 2. The van der Waals surface area contributed by atoms with Gasteiger partial charge in [-0.05, 0) is 30.0 Å². The summed E-state index contributed by atoms with van der Waals surface area (Å²) in [5, 5.41) is 21.8. The largest absolute Gasteiger partial charge is 0.493 e. The number of carbonyl (C=O) groups is 2. The average molecular weight is 351 g/mol. The molecule has 1 amide bonds. The highest BCUT2D eigenvalue weighted by Gasteiger charge is 2.20. The third-order valence-electron chi connectivity index (χ3n) is 3.40. The minimum atomic E-state index is -1.06. The fourth-order valence-electron chi connectivity index (χ4n) is 2.26. The van der Waals surface area contributed by atoms with Crippen molar-refractivity contribution in [1.29, 1.82) is 5.41 Å². The Kier molecular flexibility index (Phi) is 7.71. The zero-order chi connectivity index (χ0) is 19.0. The second-order valence-corrected chi connectivity index (χ2v) is 5.95. The van der Waals surface area contributed by atoms with Crippen molar-refractivity contribution in [1.82, 2.24) is 10.6 Å². The molecule has 4 N–H and O–H groups in total. The van der Waals surface area contributed by atoms with Gasteiger partial charge in [-0.15, -0.1) is 0 Å². The number of guanidine groups is 1. The van der Waals surface area contributed by atoms with Crippen molar-refractivity contribution in [2.75, 3.05) is 14.2 Å². The van der Waals surface area contributed by atoms with Gasteiger partial charge in [-0.2, -0.15) is 0 Å². The third kappa shape index (κ3) is 6.70. The van der Waals surface area contributed by atoms with Gasteiger partial charge in [-0.25, -0.2) is 4.79 Å². The minimum absolute atomic E-state index is 0.0202. The Hall–Kier alpha value is -2.77. The van der Waals surface area contributed by atoms with Gasteiger partial charge in [0, 0.05) is 0 Å². The first-order chi connectivity index (χ1) is 11.8. The van der Waals surface area contributed by atoms with Crippen molar-refractivity contribution in [3.63, 3.8) is 0 Å². The van der Waals surface area contributed by atoms with Crippen molar-refractivity contribution >= 4 is 17.8 Å². The van der Waals surface area contributed by atoms with Gasteiger partial charge in [0.1, 0.15) is 6.04 Å². The maximum Gasteiger partial charge on any atom is 0.326 e. The molecule has 0 saturated carbocycles. The summed E-state index contributed by atoms with van der Waals surface area (Å²) in [5.74, 6) is -0.628. The van der Waals surface area contributed by atoms with Gasteiger partial charge in [-0.1, -0.05) is 19.9 Å². The topological polar surface area (TPSA) is 121 Å². The first-order valence-electron chi connectivity index (χ1n) is 7.85. The molecule has 0 saturated heterocycles. The Morgan fingerprint density at radius 2 is 1.84 bits per heavy atom. The van der Waals surface area contributed by atoms with E-state index in [0.717, 1.165) is 0 Å². The number of carboxylic acid groups (broad SMARTS) is 1. The van der Waals surface area contributed by atoms with E-state index in [1.807, 2.05) is 13.8 Å². The summed E-state index contributed by atoms with van der Waals surface area (Å²) in [7, 11) is 3.02. The monoisotopic (exact) mass is 351 g/mol. The molecule has 25 heavy (non-hydrogen) atoms. The standard InChI is InChI=1S/C17H25N3O5/c1-10(2)7-12(16(22)23)19-17(18)20-15(21)9-11-5-6-13(24-3)14(8-11)25-4/h5-6,8,10,12H,7,9H2,1-4H3,(H,22,23)(H3,18,19,20,21)/t12-/m1/s1. The number of carboxylic acids is 1. The number of nitrogens with one attached hydrogen (secondary N) is 3. The summed E-state index contributed by atoms with van der Waals surface area (Å²) in [6.45, 7) is 3.77. The van der Waals surface area contributed by atoms with Crippen LogP contribution in [0.5, 0.6) is 11.5 Å². The molecule has 0 fully saturated rings. The second kappa shape index (κ2) is 9.51. The molecule has 0 spiro atoms. The molecule has 0 aliphatic rings. The van der Waals surface area contributed by atoms with E-state index < -0.39 is 17.9 Å². The zero-order valence-electron chi connectivity index (χ0n) is 14.9. The maximum absolute atomic E-state index is 12.0. The Morgan fingerprint density at radius 3 is 2.36 bits per heavy atom. The molecule has 0 unspecified atom stereocenters. The van der Waals surface area contributed by atoms with Gasteiger partial charge < -0.3 is 19.9 Å². The molecule has 1 atom stereocenters. The van der Waals surface area contributed by atoms with Crippen LogP contribution in [0.3, 0.4) is 0 Å². The van der Waals surface area contributed by atoms with E-state index in [2.05, 4.69) is 10.6 Å². The Morgan fingerprint density at radius 1 is 1.20 bits per heavy atom. The fraction of sp³-hybridized carbons (Fsp3) is 0.471. The van der Waals surface area contributed by atoms with Crippen LogP contribution in [0.1, 0.15) is 25.8 Å². The molecule has 1 aromatic carbocycles. The quantitative estimate of drug-likeness (QED) is 0.415. The Bertz CT molecular complexity index is 631. The van der Waals surface area contributed by atoms with E-state index in [1.54, 1.807) is 18.2 Å². The third-order valence-corrected chi connectivity index (χ3v) is 3.40. The van der Waals surface area contributed by atoms with Crippen molar-refractivity contribution < 1.29 is 24.2 Å². The lowest BCUT2D eigenvalue weighted by atomic mass is 10.0. The van der Waals surface area contributed by atoms with E-state index >= 15 is 0 Å². The lowest BCUT2D eigenvalue weighted by molar-refractivity contribution is -0.139. The molecule has 0 aromatic heterocycles. The molecule has 0 heterocycles. The predicted molar refractivity (Wildman–Crippen MR) is 93.1 cm³/mol. The van der Waals surface area contributed by atoms with Gasteiger partial charge in [0.05, 0.1) is 20.6 Å². The number of rotatable bonds is 8. The molecule has 8 heteroatoms. The molecule has 1 rings (SSSR count). The molecule has 8 nitrogen and oxygen atoms in total. The highest BCUT2D eigenvalue weighted by Crippen LogP contribution is 2.27. The summed E-state index contributed by atoms with van der Waals surface area (Å²) in [6.07, 6.45) is 0.371. The van der Waals surface area contributed by atoms with Crippen LogP contribution < -0.4 is 20.1 Å². The van der Waals surface area contributed by atoms with Gasteiger partial charge in [0.15, 0.2) is 17.5 Å². The fourth-order valence-corrected chi connectivity index (χ4v) is 2.26. The van der Waals surface area contributed by atoms with Gasteiger partial charge in [0.25, 0.3) is 0 Å². The van der Waals surface area contributed by atoms with Crippen LogP contribution in [0, 0.1) is 11.3 Å². The van der Waals surface area contributed by atoms with Crippen LogP contribution in [0.4, 0.5) is 0 Å². The molecule has 0 aliphatic heterocycles. The summed E-state index contributed by atoms with van der Waals surface area (Å²) in [4.78, 5) is 23.2. The van der Waals surface area contributed by atoms with E-state index in [-0.39, 0.29) is 18.3 Å². The van der Waals surface area contributed by atoms with Crippen LogP contribution in [-0.2, 0) is 16.0 Å². The van der Waals surface area contributed by atoms with E-state index in [9.17, 15) is 9.59 Å². The second-order valence-electron chi connectivity index (χ2n) is 5.95. The number of hydrogen-bond acceptors (Lipinski definition) is 5. The summed E-state index contributed by atoms with van der Waals surface area (Å²) < 4.78 is 10.3. The first kappa shape index (κ1) is 20.3. The summed E-state index contributed by atoms with van der Waals surface area (Å²) in [6, 6.07) is 4.16. The summed E-state index contributed by atoms with van der Waals surface area (Å²) >= 11 is 0. The number of amides is 1. The molecule has 0 aliphatic carbocycles. The number of carbonyl (C=O) groups excluding carboxylic acids is 1. The van der Waals surface area contributed by atoms with Crippen molar-refractivity contribution in [2.45, 2.75) is 32.7 Å². The first-order valence-corrected chi connectivity index (χ1v) is 7.85. The maximum atomic E-state index is 12.0. The molecule has 138 valence electrons. The lowest BCUT2D eigenvalue weighted by Gasteiger charge is -2.18. The van der Waals surface area contributed by atoms with Crippen LogP contribution in [-0.4, -0.2) is 43.2 Å². The SMILES string of the molecule is COc1ccc(CC(=O)NC(=N)N[C@H](CC(C)C)C(=O)O)cc1OC. The smallest absolute Gasteiger partial charge is 0.326 e. The Labute approximate surface area is 147 Å². The van der Waals surface area contributed by atoms with Gasteiger partial charge >= 0.3 is 5.97 Å². The van der Waals surface area contributed by atoms with Gasteiger partial charge in [-0.3, -0.25) is 15.5 Å². The van der Waals surface area contributed by atoms with Crippen LogP contribution in [0.2, 0.25) is 0 Å². The number of benzene rings is 1. The molecule has 1 aromatic rings. The predicted octanol–water partition coefficient (Wildman–Crippen LogP) is 1.39. The highest BCUT2D eigenvalue weighted by molar-refractivity contribution is 5.97. The highest BCUT2D eigenvalue weighted by atomic mass is 16.5. The number of aliphatic carboxylic acids is 1. The van der Waals surface area contributed by atoms with Crippen molar-refractivity contribution in [2.24, 2.45) is 5.92 Å². The molecular formula is C17H25N3O5. The van der Waals surface area contributed by atoms with E-state index in [0.29, 0.717) is 23.5 Å². The van der Waals surface area contributed by atoms with Crippen molar-refractivity contribution in [3.05, 3.63) is 23.8 Å². The molecule has 0 radical (unpaired) electrons. The lowest BCUT2D eigenvalue weighted by Crippen LogP contribution is -2.49. The molecular weight excluding hydrogens is 326 g/mol. The normalized spacial score (nSPS) is 11.6. The number of hydrogen-bond donors (Lipinski definition) is 4. The number of ether oxygens (including phenoxy) is 2. The summed E-state index contributed by atoms with van der Waals surface area (Å²) in [5.41, 5.74) is 0.680. The van der Waals surface area contributed by atoms with Gasteiger partial charge in [0.2, 0.25) is 5.91 Å². The van der Waals surface area contributed by atoms with Crippen LogP contribution in [0.25, 0.3) is 0 Å². The van der Waals surface area contributed by atoms with Crippen LogP contribution >= 0.6 is 0 Å².